The van der Waals surface area contributed by atoms with Crippen molar-refractivity contribution in [1.82, 2.24) is 10.2 Å². The average molecular weight is 550 g/mol. The summed E-state index contributed by atoms with van der Waals surface area (Å²) in [5.74, 6) is -0.719. The fourth-order valence-electron chi connectivity index (χ4n) is 4.47. The van der Waals surface area contributed by atoms with Crippen LogP contribution in [0.5, 0.6) is 0 Å². The predicted molar refractivity (Wildman–Crippen MR) is 156 cm³/mol. The third kappa shape index (κ3) is 7.26. The largest absolute Gasteiger partial charge is 0.355 e. The van der Waals surface area contributed by atoms with Crippen LogP contribution in [0.4, 0.5) is 5.69 Å². The maximum atomic E-state index is 14.0. The quantitative estimate of drug-likeness (QED) is 0.362. The maximum Gasteiger partial charge on any atom is 0.264 e. The Morgan fingerprint density at radius 2 is 1.54 bits per heavy atom. The van der Waals surface area contributed by atoms with E-state index < -0.39 is 28.5 Å². The van der Waals surface area contributed by atoms with Crippen LogP contribution in [-0.2, 0) is 26.2 Å². The zero-order chi connectivity index (χ0) is 28.7. The monoisotopic (exact) mass is 549 g/mol. The molecule has 0 unspecified atom stereocenters. The van der Waals surface area contributed by atoms with Gasteiger partial charge in [0.25, 0.3) is 10.0 Å². The number of carbonyl (C=O) groups is 2. The van der Waals surface area contributed by atoms with Crippen LogP contribution in [0, 0.1) is 27.7 Å². The highest BCUT2D eigenvalue weighted by Gasteiger charge is 2.33. The highest BCUT2D eigenvalue weighted by Crippen LogP contribution is 2.27. The average Bonchev–Trinajstić information content (AvgIpc) is 2.89. The Kier molecular flexibility index (Phi) is 9.92. The molecule has 0 radical (unpaired) electrons. The molecule has 8 heteroatoms. The minimum Gasteiger partial charge on any atom is -0.355 e. The molecule has 0 saturated carbocycles. The first-order valence-corrected chi connectivity index (χ1v) is 14.7. The highest BCUT2D eigenvalue weighted by atomic mass is 32.2. The SMILES string of the molecule is CCNC(=O)[C@H](CC)N(Cc1cccc(C)c1)C(=O)CN(c1ccc(C)c(C)c1)S(=O)(=O)c1ccc(C)cc1. The molecular weight excluding hydrogens is 510 g/mol. The Morgan fingerprint density at radius 3 is 2.13 bits per heavy atom. The highest BCUT2D eigenvalue weighted by molar-refractivity contribution is 7.92. The van der Waals surface area contributed by atoms with E-state index in [9.17, 15) is 18.0 Å². The first-order valence-electron chi connectivity index (χ1n) is 13.3. The van der Waals surface area contributed by atoms with Crippen molar-refractivity contribution in [3.8, 4) is 0 Å². The van der Waals surface area contributed by atoms with Gasteiger partial charge in [-0.1, -0.05) is 60.5 Å². The number of rotatable bonds is 11. The van der Waals surface area contributed by atoms with Crippen molar-refractivity contribution < 1.29 is 18.0 Å². The van der Waals surface area contributed by atoms with Gasteiger partial charge < -0.3 is 10.2 Å². The van der Waals surface area contributed by atoms with Crippen LogP contribution in [0.2, 0.25) is 0 Å². The fraction of sp³-hybridized carbons (Fsp3) is 0.355. The molecule has 0 aliphatic rings. The number of hydrogen-bond acceptors (Lipinski definition) is 4. The molecule has 3 aromatic carbocycles. The van der Waals surface area contributed by atoms with Gasteiger partial charge in [-0.3, -0.25) is 13.9 Å². The lowest BCUT2D eigenvalue weighted by atomic mass is 10.1. The summed E-state index contributed by atoms with van der Waals surface area (Å²) in [6, 6.07) is 18.9. The van der Waals surface area contributed by atoms with Crippen molar-refractivity contribution in [3.63, 3.8) is 0 Å². The lowest BCUT2D eigenvalue weighted by molar-refractivity contribution is -0.140. The van der Waals surface area contributed by atoms with E-state index >= 15 is 0 Å². The van der Waals surface area contributed by atoms with Crippen LogP contribution >= 0.6 is 0 Å². The molecule has 0 spiro atoms. The summed E-state index contributed by atoms with van der Waals surface area (Å²) in [7, 11) is -4.09. The van der Waals surface area contributed by atoms with Crippen molar-refractivity contribution in [1.29, 1.82) is 0 Å². The predicted octanol–water partition coefficient (Wildman–Crippen LogP) is 5.06. The summed E-state index contributed by atoms with van der Waals surface area (Å²) in [6.07, 6.45) is 0.387. The van der Waals surface area contributed by atoms with E-state index in [1.807, 2.05) is 71.9 Å². The van der Waals surface area contributed by atoms with Crippen LogP contribution in [0.15, 0.2) is 71.6 Å². The second-order valence-corrected chi connectivity index (χ2v) is 11.8. The van der Waals surface area contributed by atoms with Gasteiger partial charge in [0.1, 0.15) is 12.6 Å². The van der Waals surface area contributed by atoms with Crippen molar-refractivity contribution in [2.24, 2.45) is 0 Å². The standard InChI is InChI=1S/C31H39N3O4S/c1-7-29(31(36)32-8-2)33(20-26-11-9-10-23(4)18-26)30(35)21-34(27-15-14-24(5)25(6)19-27)39(37,38)28-16-12-22(3)13-17-28/h9-19,29H,7-8,20-21H2,1-6H3,(H,32,36)/t29-/m0/s1. The van der Waals surface area contributed by atoms with Gasteiger partial charge in [0.15, 0.2) is 0 Å². The van der Waals surface area contributed by atoms with Gasteiger partial charge in [0.2, 0.25) is 11.8 Å². The van der Waals surface area contributed by atoms with Crippen LogP contribution in [0.1, 0.15) is 48.1 Å². The number of nitrogens with zero attached hydrogens (tertiary/aromatic N) is 2. The number of likely N-dealkylation sites (N-methyl/N-ethyl adjacent to an activating group) is 1. The van der Waals surface area contributed by atoms with E-state index in [4.69, 9.17) is 0 Å². The molecule has 39 heavy (non-hydrogen) atoms. The number of anilines is 1. The van der Waals surface area contributed by atoms with E-state index in [2.05, 4.69) is 5.32 Å². The zero-order valence-electron chi connectivity index (χ0n) is 23.7. The summed E-state index contributed by atoms with van der Waals surface area (Å²) in [5.41, 5.74) is 5.15. The number of aryl methyl sites for hydroxylation is 4. The minimum atomic E-state index is -4.09. The number of amides is 2. The molecule has 1 atom stereocenters. The molecule has 208 valence electrons. The lowest BCUT2D eigenvalue weighted by Gasteiger charge is -2.33. The zero-order valence-corrected chi connectivity index (χ0v) is 24.5. The molecule has 2 amide bonds. The second kappa shape index (κ2) is 12.9. The Morgan fingerprint density at radius 1 is 0.846 bits per heavy atom. The van der Waals surface area contributed by atoms with Crippen molar-refractivity contribution in [3.05, 3.63) is 94.5 Å². The minimum absolute atomic E-state index is 0.0973. The Hall–Kier alpha value is -3.65. The summed E-state index contributed by atoms with van der Waals surface area (Å²) in [5, 5.41) is 2.82. The topological polar surface area (TPSA) is 86.8 Å². The Bertz CT molecular complexity index is 1420. The van der Waals surface area contributed by atoms with Gasteiger partial charge in [0, 0.05) is 13.1 Å². The van der Waals surface area contributed by atoms with Gasteiger partial charge in [-0.15, -0.1) is 0 Å². The van der Waals surface area contributed by atoms with Crippen molar-refractivity contribution in [2.75, 3.05) is 17.4 Å². The number of hydrogen-bond donors (Lipinski definition) is 1. The van der Waals surface area contributed by atoms with Crippen molar-refractivity contribution in [2.45, 2.75) is 65.4 Å². The fourth-order valence-corrected chi connectivity index (χ4v) is 5.87. The number of nitrogens with one attached hydrogen (secondary N) is 1. The van der Waals surface area contributed by atoms with Crippen LogP contribution in [-0.4, -0.2) is 44.3 Å². The lowest BCUT2D eigenvalue weighted by Crippen LogP contribution is -2.52. The van der Waals surface area contributed by atoms with Gasteiger partial charge in [-0.2, -0.15) is 0 Å². The van der Waals surface area contributed by atoms with E-state index in [0.29, 0.717) is 18.7 Å². The molecule has 7 nitrogen and oxygen atoms in total. The van der Waals surface area contributed by atoms with E-state index in [1.165, 1.54) is 4.90 Å². The third-order valence-electron chi connectivity index (χ3n) is 6.84. The van der Waals surface area contributed by atoms with Crippen molar-refractivity contribution >= 4 is 27.5 Å². The summed E-state index contributed by atoms with van der Waals surface area (Å²) >= 11 is 0. The molecule has 0 saturated heterocycles. The number of benzene rings is 3. The molecule has 1 N–H and O–H groups in total. The van der Waals surface area contributed by atoms with E-state index in [1.54, 1.807) is 36.4 Å². The molecule has 3 rings (SSSR count). The van der Waals surface area contributed by atoms with Crippen LogP contribution in [0.25, 0.3) is 0 Å². The normalized spacial score (nSPS) is 12.1. The Balaban J connectivity index is 2.09. The summed E-state index contributed by atoms with van der Waals surface area (Å²) in [4.78, 5) is 28.7. The first-order chi connectivity index (χ1) is 18.5. The second-order valence-electron chi connectivity index (χ2n) is 9.92. The Labute approximate surface area is 232 Å². The number of sulfonamides is 1. The summed E-state index contributed by atoms with van der Waals surface area (Å²) < 4.78 is 29.1. The molecule has 0 fully saturated rings. The molecule has 0 aliphatic heterocycles. The van der Waals surface area contributed by atoms with Gasteiger partial charge in [0.05, 0.1) is 10.6 Å². The summed E-state index contributed by atoms with van der Waals surface area (Å²) in [6.45, 7) is 11.5. The van der Waals surface area contributed by atoms with E-state index in [0.717, 1.165) is 32.1 Å². The molecule has 0 aromatic heterocycles. The third-order valence-corrected chi connectivity index (χ3v) is 8.63. The molecule has 0 heterocycles. The molecule has 0 aliphatic carbocycles. The number of carbonyl (C=O) groups excluding carboxylic acids is 2. The van der Waals surface area contributed by atoms with Gasteiger partial charge in [-0.05, 0) is 82.0 Å². The first kappa shape index (κ1) is 29.9. The molecular formula is C31H39N3O4S. The molecule has 3 aromatic rings. The van der Waals surface area contributed by atoms with Gasteiger partial charge >= 0.3 is 0 Å². The van der Waals surface area contributed by atoms with Crippen LogP contribution < -0.4 is 9.62 Å². The van der Waals surface area contributed by atoms with E-state index in [-0.39, 0.29) is 17.3 Å². The maximum absolute atomic E-state index is 14.0. The van der Waals surface area contributed by atoms with Crippen LogP contribution in [0.3, 0.4) is 0 Å². The van der Waals surface area contributed by atoms with Gasteiger partial charge in [-0.25, -0.2) is 8.42 Å². The smallest absolute Gasteiger partial charge is 0.264 e. The molecule has 0 bridgehead atoms.